The van der Waals surface area contributed by atoms with Crippen LogP contribution in [-0.2, 0) is 16.0 Å². The highest BCUT2D eigenvalue weighted by Crippen LogP contribution is 2.37. The van der Waals surface area contributed by atoms with Crippen molar-refractivity contribution in [2.75, 3.05) is 19.7 Å². The van der Waals surface area contributed by atoms with Gasteiger partial charge in [-0.2, -0.15) is 0 Å². The van der Waals surface area contributed by atoms with Crippen LogP contribution in [0.1, 0.15) is 54.4 Å². The van der Waals surface area contributed by atoms with Crippen molar-refractivity contribution in [1.29, 1.82) is 0 Å². The van der Waals surface area contributed by atoms with Gasteiger partial charge in [-0.25, -0.2) is 0 Å². The van der Waals surface area contributed by atoms with Crippen LogP contribution < -0.4 is 0 Å². The average Bonchev–Trinajstić information content (AvgIpc) is 3.63. The zero-order valence-corrected chi connectivity index (χ0v) is 22.3. The third kappa shape index (κ3) is 4.89. The van der Waals surface area contributed by atoms with Crippen LogP contribution in [0.15, 0.2) is 36.4 Å². The lowest BCUT2D eigenvalue weighted by Gasteiger charge is -2.33. The maximum atomic E-state index is 13.2. The number of morpholine rings is 1. The van der Waals surface area contributed by atoms with E-state index >= 15 is 0 Å². The Morgan fingerprint density at radius 3 is 2.30 bits per heavy atom. The summed E-state index contributed by atoms with van der Waals surface area (Å²) in [4.78, 5) is 30.1. The van der Waals surface area contributed by atoms with Crippen molar-refractivity contribution in [2.45, 2.75) is 69.2 Å². The monoisotopic (exact) mass is 542 g/mol. The van der Waals surface area contributed by atoms with Crippen LogP contribution in [0.3, 0.4) is 0 Å². The van der Waals surface area contributed by atoms with Gasteiger partial charge >= 0.3 is 0 Å². The van der Waals surface area contributed by atoms with Crippen LogP contribution in [0.25, 0.3) is 11.1 Å². The molecule has 0 aromatic heterocycles. The molecule has 4 aliphatic rings. The molecule has 4 fully saturated rings. The van der Waals surface area contributed by atoms with Crippen molar-refractivity contribution in [3.8, 4) is 11.1 Å². The Hall–Kier alpha value is -2.12. The lowest BCUT2D eigenvalue weighted by molar-refractivity contribution is -0.133. The largest absolute Gasteiger partial charge is 0.393 e. The van der Waals surface area contributed by atoms with Crippen molar-refractivity contribution >= 4 is 35.0 Å². The van der Waals surface area contributed by atoms with E-state index in [4.69, 9.17) is 27.9 Å². The number of fused-ring (bicyclic) bond motifs is 2. The summed E-state index contributed by atoms with van der Waals surface area (Å²) in [6.07, 6.45) is 5.48. The van der Waals surface area contributed by atoms with Gasteiger partial charge < -0.3 is 19.6 Å². The van der Waals surface area contributed by atoms with Crippen molar-refractivity contribution in [2.24, 2.45) is 5.92 Å². The second-order valence-electron chi connectivity index (χ2n) is 11.0. The van der Waals surface area contributed by atoms with E-state index in [-0.39, 0.29) is 42.0 Å². The van der Waals surface area contributed by atoms with Gasteiger partial charge in [-0.1, -0.05) is 35.3 Å². The molecule has 6 nitrogen and oxygen atoms in total. The summed E-state index contributed by atoms with van der Waals surface area (Å²) in [5.41, 5.74) is 3.29. The molecule has 1 N–H and O–H groups in total. The number of likely N-dealkylation sites (tertiary alicyclic amines) is 2. The highest BCUT2D eigenvalue weighted by atomic mass is 35.5. The summed E-state index contributed by atoms with van der Waals surface area (Å²) in [6.45, 7) is 2.06. The molecule has 2 aromatic carbocycles. The number of hydrogen-bond acceptors (Lipinski definition) is 4. The van der Waals surface area contributed by atoms with E-state index in [0.29, 0.717) is 35.2 Å². The highest BCUT2D eigenvalue weighted by molar-refractivity contribution is 6.36. The number of aliphatic hydroxyl groups is 1. The van der Waals surface area contributed by atoms with Crippen molar-refractivity contribution in [3.05, 3.63) is 57.6 Å². The number of halogens is 2. The van der Waals surface area contributed by atoms with Crippen LogP contribution in [-0.4, -0.2) is 70.7 Å². The molecule has 2 bridgehead atoms. The molecule has 2 amide bonds. The molecular weight excluding hydrogens is 511 g/mol. The summed E-state index contributed by atoms with van der Waals surface area (Å²) in [6, 6.07) is 11.8. The number of rotatable bonds is 5. The van der Waals surface area contributed by atoms with Gasteiger partial charge in [0.1, 0.15) is 0 Å². The molecule has 3 heterocycles. The fourth-order valence-electron chi connectivity index (χ4n) is 6.52. The van der Waals surface area contributed by atoms with E-state index in [1.165, 1.54) is 0 Å². The zero-order valence-electron chi connectivity index (χ0n) is 20.7. The minimum absolute atomic E-state index is 0.0495. The standard InChI is InChI=1S/C29H32Cl2N2O4/c30-26-12-20(17-1-3-18(4-2-17)28(35)33-15-24-14-22(33)16-37-24)13-27(31)25(26)11-19-9-10-32(29(19)36)21-5-7-23(34)8-6-21/h1-4,12-13,19,21-24,34H,5-11,14-16H2/t19?,21?,22-,23?,24-/m1/s1. The number of ether oxygens (including phenoxy) is 1. The van der Waals surface area contributed by atoms with E-state index in [1.807, 2.05) is 46.2 Å². The van der Waals surface area contributed by atoms with Crippen LogP contribution in [0.4, 0.5) is 0 Å². The molecule has 3 atom stereocenters. The van der Waals surface area contributed by atoms with E-state index in [0.717, 1.165) is 61.8 Å². The summed E-state index contributed by atoms with van der Waals surface area (Å²) >= 11 is 13.4. The third-order valence-corrected chi connectivity index (χ3v) is 9.35. The Bertz CT molecular complexity index is 1170. The van der Waals surface area contributed by atoms with Gasteiger partial charge in [0, 0.05) is 40.7 Å². The molecule has 2 aromatic rings. The average molecular weight is 543 g/mol. The van der Waals surface area contributed by atoms with Gasteiger partial charge in [-0.3, -0.25) is 9.59 Å². The zero-order chi connectivity index (χ0) is 25.7. The summed E-state index contributed by atoms with van der Waals surface area (Å²) in [7, 11) is 0. The molecule has 1 saturated carbocycles. The molecule has 8 heteroatoms. The first kappa shape index (κ1) is 25.2. The number of nitrogens with zero attached hydrogens (tertiary/aromatic N) is 2. The minimum atomic E-state index is -0.229. The first-order valence-corrected chi connectivity index (χ1v) is 14.1. The molecule has 1 aliphatic carbocycles. The van der Waals surface area contributed by atoms with Crippen LogP contribution in [0.2, 0.25) is 10.0 Å². The fraction of sp³-hybridized carbons (Fsp3) is 0.517. The van der Waals surface area contributed by atoms with Crippen LogP contribution >= 0.6 is 23.2 Å². The Balaban J connectivity index is 1.13. The Morgan fingerprint density at radius 1 is 0.973 bits per heavy atom. The van der Waals surface area contributed by atoms with E-state index < -0.39 is 0 Å². The maximum absolute atomic E-state index is 13.2. The van der Waals surface area contributed by atoms with Gasteiger partial charge in [-0.15, -0.1) is 0 Å². The number of carbonyl (C=O) groups is 2. The predicted molar refractivity (Wildman–Crippen MR) is 143 cm³/mol. The third-order valence-electron chi connectivity index (χ3n) is 8.68. The van der Waals surface area contributed by atoms with Gasteiger partial charge in [-0.05, 0) is 85.9 Å². The molecule has 3 aliphatic heterocycles. The number of aliphatic hydroxyl groups excluding tert-OH is 1. The number of benzene rings is 2. The second kappa shape index (κ2) is 10.2. The molecule has 6 rings (SSSR count). The molecule has 0 spiro atoms. The molecule has 1 unspecified atom stereocenters. The fourth-order valence-corrected chi connectivity index (χ4v) is 7.16. The van der Waals surface area contributed by atoms with Gasteiger partial charge in [0.05, 0.1) is 24.9 Å². The smallest absolute Gasteiger partial charge is 0.254 e. The van der Waals surface area contributed by atoms with Crippen molar-refractivity contribution < 1.29 is 19.4 Å². The van der Waals surface area contributed by atoms with Crippen molar-refractivity contribution in [3.63, 3.8) is 0 Å². The van der Waals surface area contributed by atoms with E-state index in [1.54, 1.807) is 0 Å². The number of hydrogen-bond donors (Lipinski definition) is 1. The predicted octanol–water partition coefficient (Wildman–Crippen LogP) is 4.97. The maximum Gasteiger partial charge on any atom is 0.254 e. The molecule has 0 radical (unpaired) electrons. The van der Waals surface area contributed by atoms with E-state index in [2.05, 4.69) is 0 Å². The van der Waals surface area contributed by atoms with Gasteiger partial charge in [0.2, 0.25) is 5.91 Å². The summed E-state index contributed by atoms with van der Waals surface area (Å²) in [5, 5.41) is 10.9. The SMILES string of the molecule is O=C1C(Cc2c(Cl)cc(-c3ccc(C(=O)N4C[C@H]5C[C@@H]4CO5)cc3)cc2Cl)CCN1C1CCC(O)CC1. The van der Waals surface area contributed by atoms with Crippen LogP contribution in [0.5, 0.6) is 0 Å². The first-order chi connectivity index (χ1) is 17.9. The molecule has 37 heavy (non-hydrogen) atoms. The minimum Gasteiger partial charge on any atom is -0.393 e. The number of amides is 2. The van der Waals surface area contributed by atoms with Crippen LogP contribution in [0, 0.1) is 5.92 Å². The summed E-state index contributed by atoms with van der Waals surface area (Å²) < 4.78 is 5.61. The second-order valence-corrected chi connectivity index (χ2v) is 11.8. The Kier molecular flexibility index (Phi) is 6.95. The van der Waals surface area contributed by atoms with Gasteiger partial charge in [0.15, 0.2) is 0 Å². The topological polar surface area (TPSA) is 70.1 Å². The molecule has 196 valence electrons. The first-order valence-electron chi connectivity index (χ1n) is 13.4. The number of carbonyl (C=O) groups excluding carboxylic acids is 2. The summed E-state index contributed by atoms with van der Waals surface area (Å²) in [5.74, 6) is 0.105. The molecule has 3 saturated heterocycles. The van der Waals surface area contributed by atoms with E-state index in [9.17, 15) is 14.7 Å². The lowest BCUT2D eigenvalue weighted by Crippen LogP contribution is -2.41. The van der Waals surface area contributed by atoms with Crippen molar-refractivity contribution in [1.82, 2.24) is 9.80 Å². The normalized spacial score (nSPS) is 29.4. The highest BCUT2D eigenvalue weighted by Gasteiger charge is 2.41. The van der Waals surface area contributed by atoms with Gasteiger partial charge in [0.25, 0.3) is 5.91 Å². The lowest BCUT2D eigenvalue weighted by atomic mass is 9.92. The Labute approximate surface area is 227 Å². The Morgan fingerprint density at radius 2 is 1.68 bits per heavy atom. The molecular formula is C29H32Cl2N2O4. The quantitative estimate of drug-likeness (QED) is 0.579.